The van der Waals surface area contributed by atoms with Gasteiger partial charge in [0.1, 0.15) is 12.4 Å². The van der Waals surface area contributed by atoms with Crippen LogP contribution in [0.15, 0.2) is 47.6 Å². The highest BCUT2D eigenvalue weighted by molar-refractivity contribution is 7.99. The van der Waals surface area contributed by atoms with E-state index in [1.807, 2.05) is 11.6 Å². The molecule has 0 spiro atoms. The molecule has 1 aromatic heterocycles. The highest BCUT2D eigenvalue weighted by Crippen LogP contribution is 2.31. The molecular weight excluding hydrogens is 426 g/mol. The molecule has 0 bridgehead atoms. The van der Waals surface area contributed by atoms with Crippen molar-refractivity contribution in [1.82, 2.24) is 14.8 Å². The van der Waals surface area contributed by atoms with Crippen LogP contribution in [0.25, 0.3) is 0 Å². The van der Waals surface area contributed by atoms with E-state index in [0.717, 1.165) is 6.42 Å². The molecule has 4 rings (SSSR count). The van der Waals surface area contributed by atoms with Gasteiger partial charge in [-0.25, -0.2) is 0 Å². The van der Waals surface area contributed by atoms with Crippen LogP contribution >= 0.6 is 23.4 Å². The Morgan fingerprint density at radius 2 is 1.90 bits per heavy atom. The van der Waals surface area contributed by atoms with Crippen LogP contribution in [-0.2, 0) is 13.7 Å². The van der Waals surface area contributed by atoms with E-state index in [9.17, 15) is 4.79 Å². The number of hydrogen-bond acceptors (Lipinski definition) is 7. The number of hydrogen-bond donors (Lipinski definition) is 0. The molecule has 2 heterocycles. The van der Waals surface area contributed by atoms with E-state index in [1.54, 1.807) is 42.5 Å². The molecule has 0 N–H and O–H groups in total. The van der Waals surface area contributed by atoms with E-state index in [0.29, 0.717) is 52.0 Å². The first-order valence-corrected chi connectivity index (χ1v) is 10.8. The Morgan fingerprint density at radius 3 is 2.70 bits per heavy atom. The molecule has 156 valence electrons. The molecule has 3 aromatic rings. The van der Waals surface area contributed by atoms with Crippen LogP contribution in [0.1, 0.15) is 22.6 Å². The maximum Gasteiger partial charge on any atom is 0.191 e. The Bertz CT molecular complexity index is 1040. The SMILES string of the molecule is Cn1c(COc2ccc(Cl)cc2)nnc1SCC(=O)c1ccc2c(c1)OCCCO2. The van der Waals surface area contributed by atoms with Gasteiger partial charge in [-0.1, -0.05) is 23.4 Å². The summed E-state index contributed by atoms with van der Waals surface area (Å²) < 4.78 is 18.8. The van der Waals surface area contributed by atoms with Crippen molar-refractivity contribution in [2.75, 3.05) is 19.0 Å². The Morgan fingerprint density at radius 1 is 1.13 bits per heavy atom. The predicted octanol–water partition coefficient (Wildman–Crippen LogP) is 4.18. The Balaban J connectivity index is 1.35. The van der Waals surface area contributed by atoms with Gasteiger partial charge < -0.3 is 18.8 Å². The normalized spacial score (nSPS) is 13.0. The molecule has 7 nitrogen and oxygen atoms in total. The second-order valence-electron chi connectivity index (χ2n) is 6.62. The van der Waals surface area contributed by atoms with Crippen molar-refractivity contribution in [2.45, 2.75) is 18.2 Å². The molecule has 1 aliphatic rings. The summed E-state index contributed by atoms with van der Waals surface area (Å²) in [5.74, 6) is 2.87. The van der Waals surface area contributed by atoms with E-state index < -0.39 is 0 Å². The maximum absolute atomic E-state index is 12.6. The van der Waals surface area contributed by atoms with Crippen LogP contribution < -0.4 is 14.2 Å². The van der Waals surface area contributed by atoms with Crippen molar-refractivity contribution in [3.05, 3.63) is 58.9 Å². The van der Waals surface area contributed by atoms with Crippen LogP contribution in [-0.4, -0.2) is 39.5 Å². The lowest BCUT2D eigenvalue weighted by atomic mass is 10.1. The summed E-state index contributed by atoms with van der Waals surface area (Å²) >= 11 is 7.21. The van der Waals surface area contributed by atoms with E-state index in [4.69, 9.17) is 25.8 Å². The lowest BCUT2D eigenvalue weighted by Crippen LogP contribution is -2.06. The minimum Gasteiger partial charge on any atom is -0.490 e. The Hall–Kier alpha value is -2.71. The minimum absolute atomic E-state index is 0.0161. The first kappa shape index (κ1) is 20.6. The van der Waals surface area contributed by atoms with Crippen molar-refractivity contribution < 1.29 is 19.0 Å². The van der Waals surface area contributed by atoms with Crippen molar-refractivity contribution in [3.63, 3.8) is 0 Å². The molecule has 0 saturated heterocycles. The van der Waals surface area contributed by atoms with Crippen LogP contribution in [0.3, 0.4) is 0 Å². The highest BCUT2D eigenvalue weighted by atomic mass is 35.5. The number of ketones is 1. The van der Waals surface area contributed by atoms with Crippen LogP contribution in [0.2, 0.25) is 5.02 Å². The molecule has 0 atom stereocenters. The van der Waals surface area contributed by atoms with Gasteiger partial charge in [0.15, 0.2) is 28.3 Å². The first-order valence-electron chi connectivity index (χ1n) is 9.42. The molecule has 0 amide bonds. The molecule has 30 heavy (non-hydrogen) atoms. The largest absolute Gasteiger partial charge is 0.490 e. The van der Waals surface area contributed by atoms with Gasteiger partial charge >= 0.3 is 0 Å². The van der Waals surface area contributed by atoms with Crippen LogP contribution in [0.5, 0.6) is 17.2 Å². The van der Waals surface area contributed by atoms with Crippen LogP contribution in [0.4, 0.5) is 0 Å². The zero-order valence-electron chi connectivity index (χ0n) is 16.3. The topological polar surface area (TPSA) is 75.5 Å². The van der Waals surface area contributed by atoms with E-state index in [-0.39, 0.29) is 18.1 Å². The van der Waals surface area contributed by atoms with E-state index >= 15 is 0 Å². The number of rotatable bonds is 7. The summed E-state index contributed by atoms with van der Waals surface area (Å²) in [5.41, 5.74) is 0.584. The van der Waals surface area contributed by atoms with E-state index in [1.165, 1.54) is 11.8 Å². The van der Waals surface area contributed by atoms with Gasteiger partial charge in [0, 0.05) is 24.1 Å². The smallest absolute Gasteiger partial charge is 0.191 e. The lowest BCUT2D eigenvalue weighted by Gasteiger charge is -2.09. The van der Waals surface area contributed by atoms with Gasteiger partial charge in [0.05, 0.1) is 19.0 Å². The number of carbonyl (C=O) groups excluding carboxylic acids is 1. The standard InChI is InChI=1S/C21H20ClN3O4S/c1-25-20(12-29-16-6-4-15(22)5-7-16)23-24-21(25)30-13-17(26)14-3-8-18-19(11-14)28-10-2-9-27-18/h3-8,11H,2,9-10,12-13H2,1H3. The zero-order chi connectivity index (χ0) is 20.9. The van der Waals surface area contributed by atoms with Gasteiger partial charge in [-0.05, 0) is 42.5 Å². The number of fused-ring (bicyclic) bond motifs is 1. The van der Waals surface area contributed by atoms with Crippen LogP contribution in [0, 0.1) is 0 Å². The fourth-order valence-electron chi connectivity index (χ4n) is 2.83. The number of benzene rings is 2. The summed E-state index contributed by atoms with van der Waals surface area (Å²) in [7, 11) is 1.85. The summed E-state index contributed by atoms with van der Waals surface area (Å²) in [5, 5.41) is 9.63. The number of carbonyl (C=O) groups is 1. The fourth-order valence-corrected chi connectivity index (χ4v) is 3.78. The molecule has 0 fully saturated rings. The lowest BCUT2D eigenvalue weighted by molar-refractivity contribution is 0.102. The Labute approximate surface area is 183 Å². The summed E-state index contributed by atoms with van der Waals surface area (Å²) in [6.07, 6.45) is 0.823. The number of nitrogens with zero attached hydrogens (tertiary/aromatic N) is 3. The number of aromatic nitrogens is 3. The quantitative estimate of drug-likeness (QED) is 0.398. The maximum atomic E-state index is 12.6. The molecule has 0 saturated carbocycles. The summed E-state index contributed by atoms with van der Waals surface area (Å²) in [4.78, 5) is 12.6. The number of ether oxygens (including phenoxy) is 3. The molecule has 0 aliphatic carbocycles. The molecule has 9 heteroatoms. The highest BCUT2D eigenvalue weighted by Gasteiger charge is 2.16. The first-order chi connectivity index (χ1) is 14.6. The number of Topliss-reactive ketones (excluding diaryl/α,β-unsaturated/α-hetero) is 1. The van der Waals surface area contributed by atoms with Gasteiger partial charge in [-0.15, -0.1) is 10.2 Å². The third-order valence-electron chi connectivity index (χ3n) is 4.51. The van der Waals surface area contributed by atoms with Gasteiger partial charge in [0.2, 0.25) is 0 Å². The van der Waals surface area contributed by atoms with Gasteiger partial charge in [0.25, 0.3) is 0 Å². The van der Waals surface area contributed by atoms with Crippen molar-refractivity contribution in [3.8, 4) is 17.2 Å². The van der Waals surface area contributed by atoms with Gasteiger partial charge in [-0.3, -0.25) is 4.79 Å². The summed E-state index contributed by atoms with van der Waals surface area (Å²) in [6.45, 7) is 1.47. The second-order valence-corrected chi connectivity index (χ2v) is 8.00. The second kappa shape index (κ2) is 9.40. The Kier molecular flexibility index (Phi) is 6.44. The average Bonchev–Trinajstić information content (AvgIpc) is 2.96. The molecule has 0 radical (unpaired) electrons. The molecule has 1 aliphatic heterocycles. The number of thioether (sulfide) groups is 1. The minimum atomic E-state index is -0.0161. The monoisotopic (exact) mass is 445 g/mol. The van der Waals surface area contributed by atoms with Crippen molar-refractivity contribution in [2.24, 2.45) is 7.05 Å². The molecule has 2 aromatic carbocycles. The third-order valence-corrected chi connectivity index (χ3v) is 5.78. The average molecular weight is 446 g/mol. The molecular formula is C21H20ClN3O4S. The molecule has 0 unspecified atom stereocenters. The number of halogens is 1. The van der Waals surface area contributed by atoms with Crippen molar-refractivity contribution in [1.29, 1.82) is 0 Å². The zero-order valence-corrected chi connectivity index (χ0v) is 17.9. The summed E-state index contributed by atoms with van der Waals surface area (Å²) in [6, 6.07) is 12.4. The van der Waals surface area contributed by atoms with E-state index in [2.05, 4.69) is 10.2 Å². The van der Waals surface area contributed by atoms with Gasteiger partial charge in [-0.2, -0.15) is 0 Å². The fraction of sp³-hybridized carbons (Fsp3) is 0.286. The third kappa shape index (κ3) is 4.88. The van der Waals surface area contributed by atoms with Crippen molar-refractivity contribution >= 4 is 29.1 Å². The predicted molar refractivity (Wildman–Crippen MR) is 114 cm³/mol.